The Morgan fingerprint density at radius 3 is 2.88 bits per heavy atom. The van der Waals surface area contributed by atoms with Crippen LogP contribution in [-0.2, 0) is 0 Å². The number of hydrogen-bond acceptors (Lipinski definition) is 6. The smallest absolute Gasteiger partial charge is 0.247 e. The first-order valence-electron chi connectivity index (χ1n) is 7.41. The SMILES string of the molecule is CSc1nnc2c(n1)O[C@H](c1cccc(Cl)c1)Nc1ccc(Br)cc1-2. The van der Waals surface area contributed by atoms with E-state index < -0.39 is 6.23 Å². The van der Waals surface area contributed by atoms with Crippen molar-refractivity contribution < 1.29 is 4.74 Å². The Hall–Kier alpha value is -1.83. The first kappa shape index (κ1) is 16.6. The minimum absolute atomic E-state index is 0.439. The Morgan fingerprint density at radius 1 is 1.20 bits per heavy atom. The number of thioether (sulfide) groups is 1. The van der Waals surface area contributed by atoms with Crippen LogP contribution in [0.4, 0.5) is 5.69 Å². The second kappa shape index (κ2) is 6.82. The third-order valence-corrected chi connectivity index (χ3v) is 4.99. The lowest BCUT2D eigenvalue weighted by molar-refractivity contribution is 0.225. The first-order valence-corrected chi connectivity index (χ1v) is 9.81. The Labute approximate surface area is 162 Å². The molecule has 2 aromatic carbocycles. The number of ether oxygens (including phenoxy) is 1. The molecule has 0 aliphatic carbocycles. The van der Waals surface area contributed by atoms with Gasteiger partial charge in [0, 0.05) is 26.3 Å². The predicted molar refractivity (Wildman–Crippen MR) is 103 cm³/mol. The van der Waals surface area contributed by atoms with Crippen LogP contribution in [0.15, 0.2) is 52.1 Å². The fourth-order valence-electron chi connectivity index (χ4n) is 2.58. The standard InChI is InChI=1S/C17H12BrClN4OS/c1-25-17-21-16-14(22-23-17)12-8-10(18)5-6-13(12)20-15(24-16)9-3-2-4-11(19)7-9/h2-8,15,20H,1H3/t15-/m1/s1. The Morgan fingerprint density at radius 2 is 2.08 bits per heavy atom. The molecular weight excluding hydrogens is 424 g/mol. The molecule has 1 atom stereocenters. The molecule has 2 heterocycles. The van der Waals surface area contributed by atoms with Crippen LogP contribution in [0, 0.1) is 0 Å². The van der Waals surface area contributed by atoms with Crippen molar-refractivity contribution in [2.45, 2.75) is 11.4 Å². The summed E-state index contributed by atoms with van der Waals surface area (Å²) in [5.41, 5.74) is 3.27. The molecule has 3 aromatic rings. The van der Waals surface area contributed by atoms with E-state index in [0.29, 0.717) is 21.8 Å². The van der Waals surface area contributed by atoms with Gasteiger partial charge in [0.2, 0.25) is 11.0 Å². The summed E-state index contributed by atoms with van der Waals surface area (Å²) in [6.45, 7) is 0. The zero-order chi connectivity index (χ0) is 17.4. The number of benzene rings is 2. The van der Waals surface area contributed by atoms with Crippen LogP contribution in [0.25, 0.3) is 11.3 Å². The highest BCUT2D eigenvalue weighted by molar-refractivity contribution is 9.10. The van der Waals surface area contributed by atoms with E-state index in [4.69, 9.17) is 16.3 Å². The molecule has 0 amide bonds. The lowest BCUT2D eigenvalue weighted by Crippen LogP contribution is -2.17. The predicted octanol–water partition coefficient (Wildman–Crippen LogP) is 5.18. The van der Waals surface area contributed by atoms with E-state index in [-0.39, 0.29) is 0 Å². The highest BCUT2D eigenvalue weighted by Gasteiger charge is 2.26. The quantitative estimate of drug-likeness (QED) is 0.560. The van der Waals surface area contributed by atoms with Crippen molar-refractivity contribution in [1.29, 1.82) is 0 Å². The molecule has 0 saturated carbocycles. The van der Waals surface area contributed by atoms with Gasteiger partial charge in [-0.1, -0.05) is 51.4 Å². The van der Waals surface area contributed by atoms with E-state index in [2.05, 4.69) is 36.4 Å². The van der Waals surface area contributed by atoms with Gasteiger partial charge >= 0.3 is 0 Å². The first-order chi connectivity index (χ1) is 12.1. The van der Waals surface area contributed by atoms with Gasteiger partial charge in [-0.25, -0.2) is 0 Å². The molecule has 0 spiro atoms. The van der Waals surface area contributed by atoms with Gasteiger partial charge in [0.15, 0.2) is 11.9 Å². The molecule has 25 heavy (non-hydrogen) atoms. The van der Waals surface area contributed by atoms with Crippen LogP contribution in [0.1, 0.15) is 11.8 Å². The zero-order valence-corrected chi connectivity index (χ0v) is 16.2. The van der Waals surface area contributed by atoms with Crippen molar-refractivity contribution in [1.82, 2.24) is 15.2 Å². The molecule has 4 rings (SSSR count). The topological polar surface area (TPSA) is 59.9 Å². The third-order valence-electron chi connectivity index (χ3n) is 3.72. The minimum Gasteiger partial charge on any atom is -0.448 e. The largest absolute Gasteiger partial charge is 0.448 e. The van der Waals surface area contributed by atoms with E-state index in [0.717, 1.165) is 21.3 Å². The van der Waals surface area contributed by atoms with E-state index in [9.17, 15) is 0 Å². The van der Waals surface area contributed by atoms with Crippen molar-refractivity contribution in [3.63, 3.8) is 0 Å². The van der Waals surface area contributed by atoms with E-state index in [1.165, 1.54) is 11.8 Å². The van der Waals surface area contributed by atoms with Crippen LogP contribution in [0.2, 0.25) is 5.02 Å². The number of hydrogen-bond donors (Lipinski definition) is 1. The lowest BCUT2D eigenvalue weighted by atomic mass is 10.1. The van der Waals surface area contributed by atoms with Gasteiger partial charge in [0.1, 0.15) is 0 Å². The Bertz CT molecular complexity index is 956. The third kappa shape index (κ3) is 3.31. The van der Waals surface area contributed by atoms with Crippen molar-refractivity contribution in [3.05, 3.63) is 57.5 Å². The van der Waals surface area contributed by atoms with Crippen LogP contribution in [0.3, 0.4) is 0 Å². The highest BCUT2D eigenvalue weighted by Crippen LogP contribution is 2.40. The maximum Gasteiger partial charge on any atom is 0.247 e. The summed E-state index contributed by atoms with van der Waals surface area (Å²) in [5, 5.41) is 13.1. The van der Waals surface area contributed by atoms with Gasteiger partial charge in [-0.05, 0) is 36.6 Å². The second-order valence-corrected chi connectivity index (χ2v) is 7.46. The normalized spacial score (nSPS) is 15.4. The number of aromatic nitrogens is 3. The minimum atomic E-state index is -0.439. The Balaban J connectivity index is 1.88. The molecule has 0 unspecified atom stereocenters. The summed E-state index contributed by atoms with van der Waals surface area (Å²) in [7, 11) is 0. The Kier molecular flexibility index (Phi) is 4.54. The van der Waals surface area contributed by atoms with Crippen LogP contribution < -0.4 is 10.1 Å². The van der Waals surface area contributed by atoms with E-state index in [1.54, 1.807) is 0 Å². The molecule has 1 N–H and O–H groups in total. The average Bonchev–Trinajstić information content (AvgIpc) is 2.77. The molecule has 126 valence electrons. The fraction of sp³-hybridized carbons (Fsp3) is 0.118. The van der Waals surface area contributed by atoms with Gasteiger partial charge in [-0.2, -0.15) is 4.98 Å². The zero-order valence-electron chi connectivity index (χ0n) is 13.0. The molecule has 5 nitrogen and oxygen atoms in total. The summed E-state index contributed by atoms with van der Waals surface area (Å²) in [6.07, 6.45) is 1.46. The van der Waals surface area contributed by atoms with E-state index >= 15 is 0 Å². The molecule has 1 aliphatic rings. The van der Waals surface area contributed by atoms with Crippen LogP contribution >= 0.6 is 39.3 Å². The maximum absolute atomic E-state index is 6.15. The van der Waals surface area contributed by atoms with Crippen molar-refractivity contribution in [2.24, 2.45) is 0 Å². The number of nitrogens with one attached hydrogen (secondary N) is 1. The molecule has 0 radical (unpaired) electrons. The molecule has 8 heteroatoms. The number of rotatable bonds is 2. The van der Waals surface area contributed by atoms with Gasteiger partial charge in [-0.15, -0.1) is 10.2 Å². The molecule has 1 aliphatic heterocycles. The number of anilines is 1. The molecule has 0 bridgehead atoms. The van der Waals surface area contributed by atoms with Crippen LogP contribution in [-0.4, -0.2) is 21.4 Å². The molecule has 0 fully saturated rings. The molecule has 0 saturated heterocycles. The van der Waals surface area contributed by atoms with Crippen molar-refractivity contribution in [2.75, 3.05) is 11.6 Å². The van der Waals surface area contributed by atoms with Gasteiger partial charge in [0.25, 0.3) is 0 Å². The van der Waals surface area contributed by atoms with Gasteiger partial charge in [-0.3, -0.25) is 0 Å². The summed E-state index contributed by atoms with van der Waals surface area (Å²) in [6, 6.07) is 13.4. The monoisotopic (exact) mass is 434 g/mol. The van der Waals surface area contributed by atoms with Gasteiger partial charge in [0.05, 0.1) is 0 Å². The molecule has 1 aromatic heterocycles. The number of nitrogens with zero attached hydrogens (tertiary/aromatic N) is 3. The van der Waals surface area contributed by atoms with Crippen molar-refractivity contribution >= 4 is 45.0 Å². The van der Waals surface area contributed by atoms with Gasteiger partial charge < -0.3 is 10.1 Å². The van der Waals surface area contributed by atoms with E-state index in [1.807, 2.05) is 48.7 Å². The number of fused-ring (bicyclic) bond motifs is 3. The average molecular weight is 436 g/mol. The summed E-state index contributed by atoms with van der Waals surface area (Å²) in [4.78, 5) is 4.50. The van der Waals surface area contributed by atoms with Crippen molar-refractivity contribution in [3.8, 4) is 17.1 Å². The second-order valence-electron chi connectivity index (χ2n) is 5.34. The van der Waals surface area contributed by atoms with Crippen LogP contribution in [0.5, 0.6) is 5.88 Å². The summed E-state index contributed by atoms with van der Waals surface area (Å²) >= 11 is 11.1. The maximum atomic E-state index is 6.15. The fourth-order valence-corrected chi connectivity index (χ4v) is 3.43. The number of halogens is 2. The summed E-state index contributed by atoms with van der Waals surface area (Å²) < 4.78 is 7.09. The lowest BCUT2D eigenvalue weighted by Gasteiger charge is -2.19. The highest BCUT2D eigenvalue weighted by atomic mass is 79.9. The molecular formula is C17H12BrClN4OS. The summed E-state index contributed by atoms with van der Waals surface area (Å²) in [5.74, 6) is 0.439.